The quantitative estimate of drug-likeness (QED) is 0.211. The lowest BCUT2D eigenvalue weighted by Gasteiger charge is -2.24. The van der Waals surface area contributed by atoms with E-state index in [9.17, 15) is 10.1 Å². The number of Topliss-reactive ketones (excluding diaryl/α,β-unsaturated/α-hetero) is 1. The summed E-state index contributed by atoms with van der Waals surface area (Å²) in [6.07, 6.45) is 7.81. The largest absolute Gasteiger partial charge is 0.489 e. The van der Waals surface area contributed by atoms with E-state index in [-0.39, 0.29) is 11.9 Å². The van der Waals surface area contributed by atoms with Gasteiger partial charge in [0.25, 0.3) is 0 Å². The van der Waals surface area contributed by atoms with E-state index in [4.69, 9.17) is 9.47 Å². The Morgan fingerprint density at radius 3 is 2.31 bits per heavy atom. The Labute approximate surface area is 253 Å². The maximum Gasteiger partial charge on any atom is 0.159 e. The molecule has 4 nitrogen and oxygen atoms in total. The first-order valence-electron chi connectivity index (χ1n) is 15.5. The summed E-state index contributed by atoms with van der Waals surface area (Å²) in [6, 6.07) is 20.4. The van der Waals surface area contributed by atoms with Crippen LogP contribution in [-0.4, -0.2) is 25.1 Å². The van der Waals surface area contributed by atoms with Gasteiger partial charge < -0.3 is 9.47 Å². The monoisotopic (exact) mass is 565 g/mol. The topological polar surface area (TPSA) is 59.3 Å². The number of nitriles is 1. The average molecular weight is 566 g/mol. The van der Waals surface area contributed by atoms with Crippen molar-refractivity contribution >= 4 is 17.4 Å². The summed E-state index contributed by atoms with van der Waals surface area (Å²) in [5.41, 5.74) is 9.15. The number of rotatable bonds is 7. The molecule has 0 atom stereocenters. The SMILES string of the molecule is CC.CC1CC1.CCc1cc(C(C)=O)ccc1/C(C)=C/c1cccc(-c2ccc(OC3CCOCC3)c(C#N)c2)c1C. The van der Waals surface area contributed by atoms with Gasteiger partial charge in [0.1, 0.15) is 17.9 Å². The number of aryl methyl sites for hydroxylation is 1. The van der Waals surface area contributed by atoms with Crippen LogP contribution in [0.3, 0.4) is 0 Å². The van der Waals surface area contributed by atoms with Crippen LogP contribution in [0.5, 0.6) is 5.75 Å². The second kappa shape index (κ2) is 16.1. The van der Waals surface area contributed by atoms with Crippen LogP contribution in [-0.2, 0) is 11.2 Å². The second-order valence-electron chi connectivity index (χ2n) is 11.1. The molecule has 0 amide bonds. The molecule has 3 aromatic rings. The molecule has 42 heavy (non-hydrogen) atoms. The third-order valence-corrected chi connectivity index (χ3v) is 7.80. The standard InChI is InChI=1S/C32H33NO3.C4H8.C2H6/c1-5-24-18-26(23(4)34)9-11-30(24)21(2)17-25-7-6-8-31(22(25)3)27-10-12-32(28(19-27)20-33)36-29-13-15-35-16-14-29;1-4-2-3-4;1-2/h6-12,17-19,29H,5,13-16H2,1-4H3;4H,2-3H2,1H3;1-2H3/b21-17+;;. The third-order valence-electron chi connectivity index (χ3n) is 7.80. The van der Waals surface area contributed by atoms with Crippen molar-refractivity contribution in [1.82, 2.24) is 0 Å². The Morgan fingerprint density at radius 1 is 1.02 bits per heavy atom. The number of benzene rings is 3. The van der Waals surface area contributed by atoms with Gasteiger partial charge in [0.05, 0.1) is 18.8 Å². The van der Waals surface area contributed by atoms with Crippen LogP contribution in [0.4, 0.5) is 0 Å². The van der Waals surface area contributed by atoms with E-state index in [1.807, 2.05) is 44.2 Å². The Morgan fingerprint density at radius 2 is 1.71 bits per heavy atom. The fourth-order valence-corrected chi connectivity index (χ4v) is 4.95. The van der Waals surface area contributed by atoms with Crippen molar-refractivity contribution in [3.8, 4) is 22.9 Å². The first-order chi connectivity index (χ1) is 20.3. The molecule has 0 spiro atoms. The second-order valence-corrected chi connectivity index (χ2v) is 11.1. The maximum absolute atomic E-state index is 11.8. The highest BCUT2D eigenvalue weighted by Crippen LogP contribution is 2.33. The highest BCUT2D eigenvalue weighted by Gasteiger charge is 2.18. The lowest BCUT2D eigenvalue weighted by atomic mass is 9.91. The predicted octanol–water partition coefficient (Wildman–Crippen LogP) is 9.86. The van der Waals surface area contributed by atoms with E-state index >= 15 is 0 Å². The molecule has 3 aromatic carbocycles. The highest BCUT2D eigenvalue weighted by atomic mass is 16.5. The molecule has 222 valence electrons. The minimum Gasteiger partial charge on any atom is -0.489 e. The number of hydrogen-bond donors (Lipinski definition) is 0. The molecule has 2 aliphatic rings. The van der Waals surface area contributed by atoms with E-state index in [0.29, 0.717) is 24.5 Å². The Kier molecular flexibility index (Phi) is 12.6. The van der Waals surface area contributed by atoms with Gasteiger partial charge in [0, 0.05) is 18.4 Å². The molecule has 0 unspecified atom stereocenters. The molecule has 1 saturated heterocycles. The smallest absolute Gasteiger partial charge is 0.159 e. The van der Waals surface area contributed by atoms with Gasteiger partial charge in [-0.1, -0.05) is 83.0 Å². The summed E-state index contributed by atoms with van der Waals surface area (Å²) in [5, 5.41) is 9.81. The molecule has 1 aliphatic carbocycles. The van der Waals surface area contributed by atoms with Gasteiger partial charge in [-0.3, -0.25) is 4.79 Å². The van der Waals surface area contributed by atoms with E-state index in [1.165, 1.54) is 18.4 Å². The Balaban J connectivity index is 0.000000729. The van der Waals surface area contributed by atoms with E-state index < -0.39 is 0 Å². The number of hydrogen-bond acceptors (Lipinski definition) is 4. The zero-order valence-electron chi connectivity index (χ0n) is 26.5. The minimum absolute atomic E-state index is 0.0855. The van der Waals surface area contributed by atoms with Crippen LogP contribution >= 0.6 is 0 Å². The minimum atomic E-state index is 0.0855. The van der Waals surface area contributed by atoms with Crippen molar-refractivity contribution in [2.45, 2.75) is 86.7 Å². The zero-order chi connectivity index (χ0) is 30.6. The molecule has 2 fully saturated rings. The van der Waals surface area contributed by atoms with Gasteiger partial charge in [-0.05, 0) is 90.3 Å². The summed E-state index contributed by atoms with van der Waals surface area (Å²) in [5.74, 6) is 1.81. The van der Waals surface area contributed by atoms with Crippen molar-refractivity contribution in [3.63, 3.8) is 0 Å². The lowest BCUT2D eigenvalue weighted by Crippen LogP contribution is -2.26. The van der Waals surface area contributed by atoms with Crippen LogP contribution in [0.2, 0.25) is 0 Å². The highest BCUT2D eigenvalue weighted by molar-refractivity contribution is 5.95. The summed E-state index contributed by atoms with van der Waals surface area (Å²) >= 11 is 0. The van der Waals surface area contributed by atoms with Crippen LogP contribution < -0.4 is 4.74 Å². The fraction of sp³-hybridized carbons (Fsp3) is 0.421. The normalized spacial score (nSPS) is 15.0. The maximum atomic E-state index is 11.8. The van der Waals surface area contributed by atoms with Crippen molar-refractivity contribution < 1.29 is 14.3 Å². The third kappa shape index (κ3) is 8.91. The van der Waals surface area contributed by atoms with E-state index in [0.717, 1.165) is 64.1 Å². The Hall–Kier alpha value is -3.68. The molecule has 0 bridgehead atoms. The first-order valence-corrected chi connectivity index (χ1v) is 15.5. The summed E-state index contributed by atoms with van der Waals surface area (Å²) in [4.78, 5) is 11.8. The number of carbonyl (C=O) groups is 1. The van der Waals surface area contributed by atoms with Crippen molar-refractivity contribution in [1.29, 1.82) is 5.26 Å². The number of carbonyl (C=O) groups excluding carboxylic acids is 1. The number of nitrogens with zero attached hydrogens (tertiary/aromatic N) is 1. The average Bonchev–Trinajstić information content (AvgIpc) is 3.81. The van der Waals surface area contributed by atoms with Gasteiger partial charge in [-0.25, -0.2) is 0 Å². The van der Waals surface area contributed by atoms with Crippen molar-refractivity contribution in [3.05, 3.63) is 88.0 Å². The molecule has 1 saturated carbocycles. The predicted molar refractivity (Wildman–Crippen MR) is 175 cm³/mol. The van der Waals surface area contributed by atoms with Crippen molar-refractivity contribution in [2.24, 2.45) is 5.92 Å². The summed E-state index contributed by atoms with van der Waals surface area (Å²) < 4.78 is 11.6. The summed E-state index contributed by atoms with van der Waals surface area (Å²) in [6.45, 7) is 15.6. The number of ether oxygens (including phenoxy) is 2. The van der Waals surface area contributed by atoms with Gasteiger partial charge in [-0.15, -0.1) is 0 Å². The van der Waals surface area contributed by atoms with Crippen molar-refractivity contribution in [2.75, 3.05) is 13.2 Å². The molecular formula is C38H47NO3. The van der Waals surface area contributed by atoms with E-state index in [2.05, 4.69) is 64.1 Å². The first kappa shape index (κ1) is 32.8. The molecular weight excluding hydrogens is 518 g/mol. The molecule has 0 radical (unpaired) electrons. The zero-order valence-corrected chi connectivity index (χ0v) is 26.5. The van der Waals surface area contributed by atoms with Gasteiger partial charge in [-0.2, -0.15) is 5.26 Å². The molecule has 0 N–H and O–H groups in total. The molecule has 1 heterocycles. The van der Waals surface area contributed by atoms with Gasteiger partial charge in [0.15, 0.2) is 5.78 Å². The van der Waals surface area contributed by atoms with Crippen LogP contribution in [0.1, 0.15) is 105 Å². The number of allylic oxidation sites excluding steroid dienone is 1. The number of ketones is 1. The molecule has 5 rings (SSSR count). The molecule has 0 aromatic heterocycles. The fourth-order valence-electron chi connectivity index (χ4n) is 4.95. The van der Waals surface area contributed by atoms with Crippen LogP contribution in [0.25, 0.3) is 22.8 Å². The molecule has 1 aliphatic heterocycles. The summed E-state index contributed by atoms with van der Waals surface area (Å²) in [7, 11) is 0. The van der Waals surface area contributed by atoms with Gasteiger partial charge >= 0.3 is 0 Å². The van der Waals surface area contributed by atoms with Crippen LogP contribution in [0, 0.1) is 24.2 Å². The Bertz CT molecular complexity index is 1420. The lowest BCUT2D eigenvalue weighted by molar-refractivity contribution is 0.0254. The van der Waals surface area contributed by atoms with E-state index in [1.54, 1.807) is 6.92 Å². The van der Waals surface area contributed by atoms with Crippen LogP contribution in [0.15, 0.2) is 54.6 Å². The molecule has 4 heteroatoms. The van der Waals surface area contributed by atoms with Gasteiger partial charge in [0.2, 0.25) is 0 Å².